The molecule has 6 nitrogen and oxygen atoms in total. The highest BCUT2D eigenvalue weighted by Gasteiger charge is 2.39. The summed E-state index contributed by atoms with van der Waals surface area (Å²) in [4.78, 5) is 16.6. The molecule has 3 atom stereocenters. The first-order chi connectivity index (χ1) is 11.2. The van der Waals surface area contributed by atoms with Gasteiger partial charge in [0.15, 0.2) is 5.76 Å². The van der Waals surface area contributed by atoms with Crippen molar-refractivity contribution in [2.45, 2.75) is 37.4 Å². The van der Waals surface area contributed by atoms with Crippen molar-refractivity contribution < 1.29 is 14.3 Å². The summed E-state index contributed by atoms with van der Waals surface area (Å²) >= 11 is 0. The average Bonchev–Trinajstić information content (AvgIpc) is 3.26. The predicted octanol–water partition coefficient (Wildman–Crippen LogP) is 0.794. The second kappa shape index (κ2) is 5.69. The molecule has 0 aromatic carbocycles. The third-order valence-electron chi connectivity index (χ3n) is 4.54. The molecule has 4 rings (SSSR count). The van der Waals surface area contributed by atoms with Crippen LogP contribution in [0.3, 0.4) is 0 Å². The highest BCUT2D eigenvalue weighted by molar-refractivity contribution is 5.95. The van der Waals surface area contributed by atoms with E-state index in [0.717, 1.165) is 18.2 Å². The molecule has 2 fully saturated rings. The third-order valence-corrected chi connectivity index (χ3v) is 4.54. The fourth-order valence-electron chi connectivity index (χ4n) is 3.47. The first kappa shape index (κ1) is 14.2. The van der Waals surface area contributed by atoms with Gasteiger partial charge >= 0.3 is 0 Å². The van der Waals surface area contributed by atoms with Crippen LogP contribution in [0, 0.1) is 11.8 Å². The van der Waals surface area contributed by atoms with Gasteiger partial charge in [-0.2, -0.15) is 0 Å². The van der Waals surface area contributed by atoms with E-state index in [1.54, 1.807) is 18.3 Å². The number of fused-ring (bicyclic) bond motifs is 3. The van der Waals surface area contributed by atoms with Gasteiger partial charge in [-0.3, -0.25) is 9.78 Å². The highest BCUT2D eigenvalue weighted by atomic mass is 16.3. The number of hydrogen-bond donors (Lipinski definition) is 3. The zero-order chi connectivity index (χ0) is 15.8. The lowest BCUT2D eigenvalue weighted by atomic mass is 9.95. The number of carbonyl (C=O) groups excluding carboxylic acids is 1. The number of furan rings is 1. The summed E-state index contributed by atoms with van der Waals surface area (Å²) in [5.74, 6) is 5.51. The second-order valence-corrected chi connectivity index (χ2v) is 6.04. The van der Waals surface area contributed by atoms with Crippen LogP contribution < -0.4 is 10.6 Å². The maximum Gasteiger partial charge on any atom is 0.270 e. The Labute approximate surface area is 133 Å². The fraction of sp³-hybridized carbons (Fsp3) is 0.412. The number of carbonyl (C=O) groups is 1. The lowest BCUT2D eigenvalue weighted by Crippen LogP contribution is -2.43. The minimum atomic E-state index is -0.222. The lowest BCUT2D eigenvalue weighted by molar-refractivity contribution is 0.0926. The van der Waals surface area contributed by atoms with Crippen molar-refractivity contribution in [3.8, 4) is 11.8 Å². The maximum atomic E-state index is 12.4. The standard InChI is InChI=1S/C17H17N3O3/c21-5-1-2-12-6-10-9-18-15(8-16(10)23-12)17(22)20-14-7-11-3-4-13(14)19-11/h6,8-9,11,13-14,19,21H,3-5,7H2,(H,20,22)/t11-,13+,14-/m1/s1. The molecule has 3 N–H and O–H groups in total. The molecule has 2 aliphatic heterocycles. The Morgan fingerprint density at radius 1 is 1.48 bits per heavy atom. The third kappa shape index (κ3) is 2.69. The Morgan fingerprint density at radius 2 is 2.39 bits per heavy atom. The van der Waals surface area contributed by atoms with Crippen molar-refractivity contribution in [2.24, 2.45) is 0 Å². The molecule has 4 heterocycles. The molecule has 1 amide bonds. The van der Waals surface area contributed by atoms with Crippen molar-refractivity contribution >= 4 is 16.9 Å². The number of aromatic nitrogens is 1. The van der Waals surface area contributed by atoms with Gasteiger partial charge in [-0.05, 0) is 25.2 Å². The van der Waals surface area contributed by atoms with Crippen molar-refractivity contribution in [2.75, 3.05) is 6.61 Å². The number of aliphatic hydroxyl groups is 1. The molecule has 6 heteroatoms. The van der Waals surface area contributed by atoms with Crippen LogP contribution in [0.1, 0.15) is 35.5 Å². The zero-order valence-electron chi connectivity index (χ0n) is 12.5. The molecule has 2 bridgehead atoms. The molecule has 0 radical (unpaired) electrons. The summed E-state index contributed by atoms with van der Waals surface area (Å²) < 4.78 is 5.56. The quantitative estimate of drug-likeness (QED) is 0.714. The Morgan fingerprint density at radius 3 is 3.13 bits per heavy atom. The highest BCUT2D eigenvalue weighted by Crippen LogP contribution is 2.28. The van der Waals surface area contributed by atoms with Crippen LogP contribution >= 0.6 is 0 Å². The minimum Gasteiger partial charge on any atom is -0.448 e. The van der Waals surface area contributed by atoms with E-state index in [-0.39, 0.29) is 18.6 Å². The maximum absolute atomic E-state index is 12.4. The van der Waals surface area contributed by atoms with E-state index < -0.39 is 0 Å². The van der Waals surface area contributed by atoms with Crippen LogP contribution in [0.5, 0.6) is 0 Å². The molecule has 0 aliphatic carbocycles. The van der Waals surface area contributed by atoms with Gasteiger partial charge < -0.3 is 20.2 Å². The van der Waals surface area contributed by atoms with E-state index in [0.29, 0.717) is 29.1 Å². The van der Waals surface area contributed by atoms with Crippen LogP contribution in [0.15, 0.2) is 22.7 Å². The number of aliphatic hydroxyl groups excluding tert-OH is 1. The van der Waals surface area contributed by atoms with E-state index in [4.69, 9.17) is 9.52 Å². The van der Waals surface area contributed by atoms with Crippen molar-refractivity contribution in [3.63, 3.8) is 0 Å². The predicted molar refractivity (Wildman–Crippen MR) is 83.8 cm³/mol. The molecule has 2 aliphatic rings. The Balaban J connectivity index is 1.52. The molecule has 2 aromatic rings. The van der Waals surface area contributed by atoms with E-state index in [2.05, 4.69) is 27.5 Å². The molecule has 23 heavy (non-hydrogen) atoms. The SMILES string of the molecule is O=C(N[C@@H]1C[C@H]2CC[C@@H]1N2)c1cc2oc(C#CCO)cc2cn1. The molecular weight excluding hydrogens is 294 g/mol. The summed E-state index contributed by atoms with van der Waals surface area (Å²) in [6, 6.07) is 4.48. The number of pyridine rings is 1. The van der Waals surface area contributed by atoms with E-state index in [9.17, 15) is 4.79 Å². The van der Waals surface area contributed by atoms with Crippen LogP contribution in [0.4, 0.5) is 0 Å². The topological polar surface area (TPSA) is 87.4 Å². The molecule has 118 valence electrons. The summed E-state index contributed by atoms with van der Waals surface area (Å²) in [6.45, 7) is -0.222. The van der Waals surface area contributed by atoms with Crippen LogP contribution in [0.2, 0.25) is 0 Å². The molecule has 0 saturated carbocycles. The molecule has 2 aromatic heterocycles. The van der Waals surface area contributed by atoms with Gasteiger partial charge in [-0.1, -0.05) is 5.92 Å². The van der Waals surface area contributed by atoms with Crippen molar-refractivity contribution in [3.05, 3.63) is 29.8 Å². The van der Waals surface area contributed by atoms with Crippen LogP contribution in [0.25, 0.3) is 11.0 Å². The lowest BCUT2D eigenvalue weighted by Gasteiger charge is -2.21. The largest absolute Gasteiger partial charge is 0.448 e. The Bertz CT molecular complexity index is 817. The van der Waals surface area contributed by atoms with Crippen LogP contribution in [-0.2, 0) is 0 Å². The second-order valence-electron chi connectivity index (χ2n) is 6.04. The number of hydrogen-bond acceptors (Lipinski definition) is 5. The normalized spacial score (nSPS) is 25.3. The summed E-state index contributed by atoms with van der Waals surface area (Å²) in [6.07, 6.45) is 4.91. The van der Waals surface area contributed by atoms with E-state index >= 15 is 0 Å². The van der Waals surface area contributed by atoms with E-state index in [1.165, 1.54) is 6.42 Å². The number of nitrogens with one attached hydrogen (secondary N) is 2. The van der Waals surface area contributed by atoms with Crippen molar-refractivity contribution in [1.82, 2.24) is 15.6 Å². The van der Waals surface area contributed by atoms with Crippen LogP contribution in [-0.4, -0.2) is 40.7 Å². The monoisotopic (exact) mass is 311 g/mol. The first-order valence-electron chi connectivity index (χ1n) is 7.79. The van der Waals surface area contributed by atoms with Gasteiger partial charge in [0.05, 0.1) is 0 Å². The Kier molecular flexibility index (Phi) is 3.52. The minimum absolute atomic E-state index is 0.175. The number of rotatable bonds is 2. The molecule has 0 spiro atoms. The van der Waals surface area contributed by atoms with E-state index in [1.807, 2.05) is 0 Å². The van der Waals surface area contributed by atoms with Crippen molar-refractivity contribution in [1.29, 1.82) is 0 Å². The fourth-order valence-corrected chi connectivity index (χ4v) is 3.47. The average molecular weight is 311 g/mol. The Hall–Kier alpha value is -2.36. The van der Waals surface area contributed by atoms with Gasteiger partial charge in [0.25, 0.3) is 5.91 Å². The van der Waals surface area contributed by atoms with Gasteiger partial charge in [-0.15, -0.1) is 0 Å². The molecule has 0 unspecified atom stereocenters. The van der Waals surface area contributed by atoms with Gasteiger partial charge in [-0.25, -0.2) is 0 Å². The molecule has 2 saturated heterocycles. The first-order valence-corrected chi connectivity index (χ1v) is 7.79. The van der Waals surface area contributed by atoms with Gasteiger partial charge in [0.2, 0.25) is 0 Å². The summed E-state index contributed by atoms with van der Waals surface area (Å²) in [5.41, 5.74) is 0.912. The molecular formula is C17H17N3O3. The summed E-state index contributed by atoms with van der Waals surface area (Å²) in [7, 11) is 0. The number of nitrogens with zero attached hydrogens (tertiary/aromatic N) is 1. The summed E-state index contributed by atoms with van der Waals surface area (Å²) in [5, 5.41) is 16.1. The number of amides is 1. The zero-order valence-corrected chi connectivity index (χ0v) is 12.5. The van der Waals surface area contributed by atoms with Gasteiger partial charge in [0.1, 0.15) is 17.9 Å². The van der Waals surface area contributed by atoms with Gasteiger partial charge in [0, 0.05) is 41.8 Å². The smallest absolute Gasteiger partial charge is 0.270 e.